The topological polar surface area (TPSA) is 64.7 Å². The number of thiophene rings is 1. The van der Waals surface area contributed by atoms with Crippen LogP contribution in [0.4, 0.5) is 0 Å². The summed E-state index contributed by atoms with van der Waals surface area (Å²) in [6.07, 6.45) is 0. The minimum absolute atomic E-state index is 0.560. The predicted octanol–water partition coefficient (Wildman–Crippen LogP) is 12.5. The predicted molar refractivity (Wildman–Crippen MR) is 215 cm³/mol. The number of hydrogen-bond donors (Lipinski definition) is 0. The molecule has 7 aromatic carbocycles. The van der Waals surface area contributed by atoms with E-state index in [-0.39, 0.29) is 0 Å². The van der Waals surface area contributed by atoms with Crippen LogP contribution in [-0.2, 0) is 0 Å². The molecule has 0 saturated heterocycles. The van der Waals surface area contributed by atoms with Crippen molar-refractivity contribution in [2.75, 3.05) is 0 Å². The minimum Gasteiger partial charge on any atom is -0.455 e. The number of aromatic nitrogens is 4. The van der Waals surface area contributed by atoms with E-state index < -0.39 is 0 Å². The average molecular weight is 683 g/mol. The van der Waals surface area contributed by atoms with Crippen LogP contribution in [0.3, 0.4) is 0 Å². The van der Waals surface area contributed by atoms with Gasteiger partial charge in [0.25, 0.3) is 0 Å². The molecule has 11 rings (SSSR count). The van der Waals surface area contributed by atoms with Gasteiger partial charge in [0, 0.05) is 48.3 Å². The second-order valence-electron chi connectivity index (χ2n) is 13.0. The molecular weight excluding hydrogens is 657 g/mol. The highest BCUT2D eigenvalue weighted by molar-refractivity contribution is 7.26. The van der Waals surface area contributed by atoms with Crippen LogP contribution in [0.25, 0.3) is 109 Å². The third kappa shape index (κ3) is 4.55. The zero-order valence-corrected chi connectivity index (χ0v) is 28.4. The van der Waals surface area contributed by atoms with E-state index in [0.29, 0.717) is 17.5 Å². The maximum absolute atomic E-state index is 6.43. The zero-order valence-electron chi connectivity index (χ0n) is 27.6. The molecule has 0 aliphatic rings. The lowest BCUT2D eigenvalue weighted by Gasteiger charge is -2.11. The lowest BCUT2D eigenvalue weighted by atomic mass is 10.0. The molecule has 6 heteroatoms. The van der Waals surface area contributed by atoms with Crippen molar-refractivity contribution in [1.82, 2.24) is 19.9 Å². The van der Waals surface area contributed by atoms with Gasteiger partial charge in [0.1, 0.15) is 11.2 Å². The van der Waals surface area contributed by atoms with Crippen LogP contribution in [0.5, 0.6) is 0 Å². The van der Waals surface area contributed by atoms with E-state index in [4.69, 9.17) is 24.4 Å². The van der Waals surface area contributed by atoms with Crippen LogP contribution >= 0.6 is 11.3 Å². The van der Waals surface area contributed by atoms with Gasteiger partial charge in [-0.2, -0.15) is 0 Å². The summed E-state index contributed by atoms with van der Waals surface area (Å²) in [5.74, 6) is 1.75. The summed E-state index contributed by atoms with van der Waals surface area (Å²) in [5, 5.41) is 7.92. The second kappa shape index (κ2) is 11.4. The normalized spacial score (nSPS) is 11.8. The molecule has 242 valence electrons. The molecule has 0 atom stereocenters. The molecular formula is C46H26N4OS. The van der Waals surface area contributed by atoms with Crippen LogP contribution < -0.4 is 0 Å². The number of fused-ring (bicyclic) bond motifs is 9. The molecule has 0 radical (unpaired) electrons. The number of furan rings is 1. The zero-order chi connectivity index (χ0) is 34.2. The molecule has 0 spiro atoms. The fourth-order valence-electron chi connectivity index (χ4n) is 7.39. The molecule has 5 nitrogen and oxygen atoms in total. The summed E-state index contributed by atoms with van der Waals surface area (Å²) < 4.78 is 8.89. The van der Waals surface area contributed by atoms with E-state index >= 15 is 0 Å². The Morgan fingerprint density at radius 3 is 1.92 bits per heavy atom. The van der Waals surface area contributed by atoms with Gasteiger partial charge >= 0.3 is 0 Å². The van der Waals surface area contributed by atoms with Gasteiger partial charge in [0.05, 0.1) is 21.5 Å². The minimum atomic E-state index is 0.560. The van der Waals surface area contributed by atoms with Gasteiger partial charge in [-0.25, -0.2) is 19.9 Å². The van der Waals surface area contributed by atoms with Gasteiger partial charge in [-0.1, -0.05) is 133 Å². The summed E-state index contributed by atoms with van der Waals surface area (Å²) in [6.45, 7) is 0. The average Bonchev–Trinajstić information content (AvgIpc) is 3.79. The summed E-state index contributed by atoms with van der Waals surface area (Å²) in [5.41, 5.74) is 7.26. The molecule has 0 amide bonds. The van der Waals surface area contributed by atoms with E-state index in [1.807, 2.05) is 30.3 Å². The van der Waals surface area contributed by atoms with Crippen molar-refractivity contribution >= 4 is 75.1 Å². The lowest BCUT2D eigenvalue weighted by Crippen LogP contribution is -2.00. The first kappa shape index (κ1) is 29.0. The lowest BCUT2D eigenvalue weighted by molar-refractivity contribution is 0.669. The van der Waals surface area contributed by atoms with Crippen molar-refractivity contribution in [1.29, 1.82) is 0 Å². The Labute approximate surface area is 301 Å². The first-order chi connectivity index (χ1) is 25.7. The molecule has 4 heterocycles. The SMILES string of the molecule is c1ccc2cc(-c3nc(-c4ccc(-c5nc6c7ccccc7sc6c6ccccc56)cc4)nc(-c4cccc5c4oc4ccccc45)n3)ccc2c1. The maximum Gasteiger partial charge on any atom is 0.167 e. The molecule has 0 saturated carbocycles. The highest BCUT2D eigenvalue weighted by Crippen LogP contribution is 2.41. The molecule has 4 aromatic heterocycles. The van der Waals surface area contributed by atoms with Crippen LogP contribution in [0, 0.1) is 0 Å². The fraction of sp³-hybridized carbons (Fsp3) is 0. The Morgan fingerprint density at radius 2 is 1.06 bits per heavy atom. The number of para-hydroxylation sites is 2. The molecule has 0 aliphatic carbocycles. The first-order valence-corrected chi connectivity index (χ1v) is 18.0. The van der Waals surface area contributed by atoms with Crippen LogP contribution in [-0.4, -0.2) is 19.9 Å². The van der Waals surface area contributed by atoms with Crippen molar-refractivity contribution in [2.24, 2.45) is 0 Å². The van der Waals surface area contributed by atoms with Gasteiger partial charge in [0.2, 0.25) is 0 Å². The van der Waals surface area contributed by atoms with Crippen LogP contribution in [0.2, 0.25) is 0 Å². The number of hydrogen-bond acceptors (Lipinski definition) is 6. The van der Waals surface area contributed by atoms with E-state index in [1.165, 1.54) is 20.2 Å². The quantitative estimate of drug-likeness (QED) is 0.185. The van der Waals surface area contributed by atoms with Crippen molar-refractivity contribution in [2.45, 2.75) is 0 Å². The molecule has 0 unspecified atom stereocenters. The Morgan fingerprint density at radius 1 is 0.423 bits per heavy atom. The van der Waals surface area contributed by atoms with Crippen molar-refractivity contribution in [3.05, 3.63) is 158 Å². The first-order valence-electron chi connectivity index (χ1n) is 17.2. The van der Waals surface area contributed by atoms with Crippen LogP contribution in [0.1, 0.15) is 0 Å². The second-order valence-corrected chi connectivity index (χ2v) is 14.1. The van der Waals surface area contributed by atoms with E-state index in [1.54, 1.807) is 11.3 Å². The summed E-state index contributed by atoms with van der Waals surface area (Å²) in [6, 6.07) is 54.5. The summed E-state index contributed by atoms with van der Waals surface area (Å²) in [7, 11) is 0. The molecule has 52 heavy (non-hydrogen) atoms. The molecule has 0 aliphatic heterocycles. The number of pyridine rings is 1. The van der Waals surface area contributed by atoms with Gasteiger partial charge in [-0.15, -0.1) is 11.3 Å². The monoisotopic (exact) mass is 682 g/mol. The molecule has 0 N–H and O–H groups in total. The third-order valence-electron chi connectivity index (χ3n) is 9.92. The highest BCUT2D eigenvalue weighted by Gasteiger charge is 2.19. The van der Waals surface area contributed by atoms with E-state index in [2.05, 4.69) is 127 Å². The van der Waals surface area contributed by atoms with Crippen molar-refractivity contribution < 1.29 is 4.42 Å². The van der Waals surface area contributed by atoms with Gasteiger partial charge in [-0.05, 0) is 35.0 Å². The Balaban J connectivity index is 1.09. The third-order valence-corrected chi connectivity index (χ3v) is 11.1. The number of nitrogens with zero attached hydrogens (tertiary/aromatic N) is 4. The summed E-state index contributed by atoms with van der Waals surface area (Å²) in [4.78, 5) is 20.6. The standard InChI is InChI=1S/C46H26N4OS/c1-2-11-30-26-31(25-20-27(30)10-1)45-48-44(49-46(50-45)37-17-9-16-34-32-12-5-7-18-38(32)51-42(34)37)29-23-21-28(22-24-29)40-33-13-3-4-14-35(33)43-41(47-40)36-15-6-8-19-39(36)52-43/h1-26H. The fourth-order valence-corrected chi connectivity index (χ4v) is 8.57. The largest absolute Gasteiger partial charge is 0.455 e. The van der Waals surface area contributed by atoms with Crippen molar-refractivity contribution in [3.63, 3.8) is 0 Å². The van der Waals surface area contributed by atoms with E-state index in [0.717, 1.165) is 71.6 Å². The molecule has 0 fully saturated rings. The Hall–Kier alpha value is -6.76. The van der Waals surface area contributed by atoms with Crippen LogP contribution in [0.15, 0.2) is 162 Å². The summed E-state index contributed by atoms with van der Waals surface area (Å²) >= 11 is 1.80. The Kier molecular flexibility index (Phi) is 6.35. The van der Waals surface area contributed by atoms with Crippen molar-refractivity contribution in [3.8, 4) is 45.4 Å². The van der Waals surface area contributed by atoms with Gasteiger partial charge in [0.15, 0.2) is 17.5 Å². The molecule has 0 bridgehead atoms. The maximum atomic E-state index is 6.43. The molecule has 11 aromatic rings. The Bertz CT molecular complexity index is 3200. The van der Waals surface area contributed by atoms with Gasteiger partial charge in [-0.3, -0.25) is 0 Å². The smallest absolute Gasteiger partial charge is 0.167 e. The highest BCUT2D eigenvalue weighted by atomic mass is 32.1. The number of rotatable bonds is 4. The van der Waals surface area contributed by atoms with Gasteiger partial charge < -0.3 is 4.42 Å². The van der Waals surface area contributed by atoms with E-state index in [9.17, 15) is 0 Å². The number of benzene rings is 7.